The molecule has 0 saturated heterocycles. The number of anilines is 1. The number of sulfonamides is 1. The third-order valence-electron chi connectivity index (χ3n) is 3.01. The average molecular weight is 333 g/mol. The maximum absolute atomic E-state index is 12.2. The van der Waals surface area contributed by atoms with Crippen LogP contribution in [0.15, 0.2) is 52.9 Å². The van der Waals surface area contributed by atoms with E-state index in [0.717, 1.165) is 10.2 Å². The van der Waals surface area contributed by atoms with Gasteiger partial charge in [-0.25, -0.2) is 18.5 Å². The molecule has 0 unspecified atom stereocenters. The normalized spacial score (nSPS) is 11.5. The van der Waals surface area contributed by atoms with Crippen molar-refractivity contribution in [2.45, 2.75) is 4.90 Å². The van der Waals surface area contributed by atoms with E-state index in [0.29, 0.717) is 11.3 Å². The van der Waals surface area contributed by atoms with Gasteiger partial charge in [0.15, 0.2) is 0 Å². The van der Waals surface area contributed by atoms with Gasteiger partial charge in [0.1, 0.15) is 0 Å². The first-order chi connectivity index (χ1) is 10.4. The number of nitrogens with two attached hydrogens (primary N) is 1. The summed E-state index contributed by atoms with van der Waals surface area (Å²) in [6, 6.07) is 11.0. The molecule has 6 nitrogen and oxygen atoms in total. The molecule has 0 bridgehead atoms. The van der Waals surface area contributed by atoms with E-state index in [1.165, 1.54) is 29.5 Å². The number of nitrogens with one attached hydrogen (secondary N) is 1. The van der Waals surface area contributed by atoms with Gasteiger partial charge in [0.25, 0.3) is 5.91 Å². The van der Waals surface area contributed by atoms with Gasteiger partial charge in [-0.1, -0.05) is 6.07 Å². The number of thiazole rings is 1. The summed E-state index contributed by atoms with van der Waals surface area (Å²) in [5.41, 5.74) is 3.37. The highest BCUT2D eigenvalue weighted by molar-refractivity contribution is 7.89. The topological polar surface area (TPSA) is 102 Å². The lowest BCUT2D eigenvalue weighted by Crippen LogP contribution is -2.14. The molecule has 2 aromatic carbocycles. The second kappa shape index (κ2) is 5.48. The molecule has 0 saturated carbocycles. The van der Waals surface area contributed by atoms with Gasteiger partial charge in [-0.15, -0.1) is 11.3 Å². The first-order valence-electron chi connectivity index (χ1n) is 6.21. The highest BCUT2D eigenvalue weighted by Crippen LogP contribution is 2.20. The van der Waals surface area contributed by atoms with E-state index in [-0.39, 0.29) is 10.8 Å². The highest BCUT2D eigenvalue weighted by atomic mass is 32.2. The van der Waals surface area contributed by atoms with E-state index in [1.807, 2.05) is 0 Å². The van der Waals surface area contributed by atoms with E-state index >= 15 is 0 Å². The summed E-state index contributed by atoms with van der Waals surface area (Å²) in [6.45, 7) is 0. The molecule has 0 radical (unpaired) electrons. The van der Waals surface area contributed by atoms with Crippen LogP contribution in [0.2, 0.25) is 0 Å². The van der Waals surface area contributed by atoms with Crippen molar-refractivity contribution in [3.05, 3.63) is 53.5 Å². The Morgan fingerprint density at radius 1 is 1.18 bits per heavy atom. The Morgan fingerprint density at radius 2 is 2.00 bits per heavy atom. The molecular weight excluding hydrogens is 322 g/mol. The van der Waals surface area contributed by atoms with Crippen molar-refractivity contribution in [1.82, 2.24) is 4.98 Å². The number of benzene rings is 2. The molecule has 3 aromatic rings. The van der Waals surface area contributed by atoms with Crippen molar-refractivity contribution in [2.75, 3.05) is 5.32 Å². The minimum atomic E-state index is -3.80. The van der Waals surface area contributed by atoms with Gasteiger partial charge in [0.05, 0.1) is 20.6 Å². The molecular formula is C14H11N3O3S2. The molecule has 0 atom stereocenters. The molecule has 0 aliphatic heterocycles. The van der Waals surface area contributed by atoms with Gasteiger partial charge in [0.2, 0.25) is 10.0 Å². The molecule has 3 N–H and O–H groups in total. The number of aromatic nitrogens is 1. The second-order valence-electron chi connectivity index (χ2n) is 4.56. The van der Waals surface area contributed by atoms with E-state index in [4.69, 9.17) is 5.14 Å². The lowest BCUT2D eigenvalue weighted by Gasteiger charge is -2.06. The Kier molecular flexibility index (Phi) is 3.65. The maximum atomic E-state index is 12.2. The summed E-state index contributed by atoms with van der Waals surface area (Å²) in [4.78, 5) is 16.3. The molecule has 0 spiro atoms. The van der Waals surface area contributed by atoms with E-state index in [2.05, 4.69) is 10.3 Å². The minimum Gasteiger partial charge on any atom is -0.322 e. The van der Waals surface area contributed by atoms with E-state index in [1.54, 1.807) is 29.8 Å². The number of carbonyl (C=O) groups excluding carboxylic acids is 1. The number of carbonyl (C=O) groups is 1. The van der Waals surface area contributed by atoms with Crippen molar-refractivity contribution in [1.29, 1.82) is 0 Å². The summed E-state index contributed by atoms with van der Waals surface area (Å²) in [5, 5.41) is 7.72. The quantitative estimate of drug-likeness (QED) is 0.767. The van der Waals surface area contributed by atoms with Crippen LogP contribution in [0.1, 0.15) is 10.4 Å². The summed E-state index contributed by atoms with van der Waals surface area (Å²) < 4.78 is 23.5. The molecule has 8 heteroatoms. The van der Waals surface area contributed by atoms with Crippen molar-refractivity contribution < 1.29 is 13.2 Å². The summed E-state index contributed by atoms with van der Waals surface area (Å²) in [6.07, 6.45) is 0. The number of fused-ring (bicyclic) bond motifs is 1. The standard InChI is InChI=1S/C14H11N3O3S2/c15-22(19,20)11-3-1-2-10(7-11)17-14(18)9-4-5-12-13(6-9)21-8-16-12/h1-8H,(H,17,18)(H2,15,19,20). The monoisotopic (exact) mass is 333 g/mol. The Balaban J connectivity index is 1.87. The second-order valence-corrected chi connectivity index (χ2v) is 7.01. The molecule has 112 valence electrons. The SMILES string of the molecule is NS(=O)(=O)c1cccc(NC(=O)c2ccc3ncsc3c2)c1. The van der Waals surface area contributed by atoms with Crippen molar-refractivity contribution in [2.24, 2.45) is 5.14 Å². The number of amides is 1. The Hall–Kier alpha value is -2.29. The highest BCUT2D eigenvalue weighted by Gasteiger charge is 2.11. The van der Waals surface area contributed by atoms with Crippen LogP contribution in [0.25, 0.3) is 10.2 Å². The third kappa shape index (κ3) is 2.98. The number of primary sulfonamides is 1. The zero-order valence-corrected chi connectivity index (χ0v) is 12.8. The first kappa shape index (κ1) is 14.6. The zero-order valence-electron chi connectivity index (χ0n) is 11.2. The molecule has 1 heterocycles. The van der Waals surface area contributed by atoms with Gasteiger partial charge in [-0.05, 0) is 36.4 Å². The van der Waals surface area contributed by atoms with Crippen LogP contribution in [-0.4, -0.2) is 19.3 Å². The lowest BCUT2D eigenvalue weighted by molar-refractivity contribution is 0.102. The Labute approximate surface area is 130 Å². The van der Waals surface area contributed by atoms with Gasteiger partial charge < -0.3 is 5.32 Å². The smallest absolute Gasteiger partial charge is 0.255 e. The van der Waals surface area contributed by atoms with E-state index in [9.17, 15) is 13.2 Å². The van der Waals surface area contributed by atoms with Crippen LogP contribution in [-0.2, 0) is 10.0 Å². The molecule has 22 heavy (non-hydrogen) atoms. The largest absolute Gasteiger partial charge is 0.322 e. The fourth-order valence-corrected chi connectivity index (χ4v) is 3.23. The van der Waals surface area contributed by atoms with Crippen LogP contribution >= 0.6 is 11.3 Å². The zero-order chi connectivity index (χ0) is 15.7. The molecule has 0 aliphatic rings. The van der Waals surface area contributed by atoms with Crippen LogP contribution < -0.4 is 10.5 Å². The van der Waals surface area contributed by atoms with Crippen molar-refractivity contribution in [3.63, 3.8) is 0 Å². The first-order valence-corrected chi connectivity index (χ1v) is 8.63. The van der Waals surface area contributed by atoms with E-state index < -0.39 is 10.0 Å². The van der Waals surface area contributed by atoms with Gasteiger partial charge in [0, 0.05) is 11.3 Å². The predicted molar refractivity (Wildman–Crippen MR) is 85.4 cm³/mol. The fraction of sp³-hybridized carbons (Fsp3) is 0. The average Bonchev–Trinajstić information content (AvgIpc) is 2.94. The minimum absolute atomic E-state index is 0.0526. The number of nitrogens with zero attached hydrogens (tertiary/aromatic N) is 1. The summed E-state index contributed by atoms with van der Waals surface area (Å²) >= 11 is 1.44. The van der Waals surface area contributed by atoms with Gasteiger partial charge in [-0.2, -0.15) is 0 Å². The van der Waals surface area contributed by atoms with Crippen molar-refractivity contribution >= 4 is 43.2 Å². The predicted octanol–water partition coefficient (Wildman–Crippen LogP) is 2.20. The summed E-state index contributed by atoms with van der Waals surface area (Å²) in [7, 11) is -3.80. The van der Waals surface area contributed by atoms with Gasteiger partial charge in [-0.3, -0.25) is 4.79 Å². The number of hydrogen-bond donors (Lipinski definition) is 2. The molecule has 1 amide bonds. The number of hydrogen-bond acceptors (Lipinski definition) is 5. The Morgan fingerprint density at radius 3 is 2.77 bits per heavy atom. The third-order valence-corrected chi connectivity index (χ3v) is 4.72. The van der Waals surface area contributed by atoms with Crippen LogP contribution in [0.4, 0.5) is 5.69 Å². The van der Waals surface area contributed by atoms with Crippen LogP contribution in [0.5, 0.6) is 0 Å². The fourth-order valence-electron chi connectivity index (χ4n) is 1.95. The number of rotatable bonds is 3. The maximum Gasteiger partial charge on any atom is 0.255 e. The van der Waals surface area contributed by atoms with Crippen molar-refractivity contribution in [3.8, 4) is 0 Å². The molecule has 0 fully saturated rings. The van der Waals surface area contributed by atoms with Crippen LogP contribution in [0.3, 0.4) is 0 Å². The Bertz CT molecular complexity index is 964. The summed E-state index contributed by atoms with van der Waals surface area (Å²) in [5.74, 6) is -0.332. The molecule has 0 aliphatic carbocycles. The molecule has 1 aromatic heterocycles. The van der Waals surface area contributed by atoms with Crippen LogP contribution in [0, 0.1) is 0 Å². The lowest BCUT2D eigenvalue weighted by atomic mass is 10.2. The van der Waals surface area contributed by atoms with Gasteiger partial charge >= 0.3 is 0 Å². The molecule has 3 rings (SSSR count).